The third-order valence-electron chi connectivity index (χ3n) is 4.90. The summed E-state index contributed by atoms with van der Waals surface area (Å²) in [5.74, 6) is -1.37. The van der Waals surface area contributed by atoms with Gasteiger partial charge in [0, 0.05) is 16.7 Å². The Morgan fingerprint density at radius 2 is 1.84 bits per heavy atom. The van der Waals surface area contributed by atoms with Gasteiger partial charge in [0.15, 0.2) is 11.8 Å². The molecule has 0 saturated heterocycles. The molecule has 31 heavy (non-hydrogen) atoms. The second-order valence-electron chi connectivity index (χ2n) is 6.97. The van der Waals surface area contributed by atoms with Gasteiger partial charge in [0.2, 0.25) is 5.88 Å². The maximum atomic E-state index is 12.9. The fourth-order valence-corrected chi connectivity index (χ4v) is 3.54. The van der Waals surface area contributed by atoms with Crippen LogP contribution in [0.1, 0.15) is 35.3 Å². The zero-order chi connectivity index (χ0) is 22.5. The van der Waals surface area contributed by atoms with Gasteiger partial charge in [-0.05, 0) is 49.1 Å². The van der Waals surface area contributed by atoms with E-state index in [9.17, 15) is 19.5 Å². The number of carboxylic acid groups (broad SMARTS) is 1. The fourth-order valence-electron chi connectivity index (χ4n) is 3.36. The van der Waals surface area contributed by atoms with Crippen molar-refractivity contribution >= 4 is 23.4 Å². The minimum atomic E-state index is -1.18. The van der Waals surface area contributed by atoms with E-state index >= 15 is 0 Å². The molecule has 0 radical (unpaired) electrons. The molecule has 7 nitrogen and oxygen atoms in total. The number of ketones is 1. The van der Waals surface area contributed by atoms with Crippen LogP contribution in [0, 0.1) is 0 Å². The molecule has 0 unspecified atom stereocenters. The monoisotopic (exact) mass is 440 g/mol. The van der Waals surface area contributed by atoms with Crippen LogP contribution in [0.3, 0.4) is 0 Å². The lowest BCUT2D eigenvalue weighted by Gasteiger charge is -2.17. The summed E-state index contributed by atoms with van der Waals surface area (Å²) in [5.41, 5.74) is 1.34. The van der Waals surface area contributed by atoms with Gasteiger partial charge >= 0.3 is 5.97 Å². The van der Waals surface area contributed by atoms with E-state index in [1.165, 1.54) is 20.1 Å². The molecule has 0 fully saturated rings. The van der Waals surface area contributed by atoms with Crippen molar-refractivity contribution in [3.63, 3.8) is 0 Å². The number of ether oxygens (including phenoxy) is 1. The molecule has 0 aliphatic carbocycles. The van der Waals surface area contributed by atoms with Crippen molar-refractivity contribution in [3.8, 4) is 17.0 Å². The maximum Gasteiger partial charge on any atom is 0.328 e. The normalized spacial score (nSPS) is 11.7. The van der Waals surface area contributed by atoms with E-state index in [4.69, 9.17) is 16.3 Å². The van der Waals surface area contributed by atoms with Crippen LogP contribution < -0.4 is 10.3 Å². The van der Waals surface area contributed by atoms with E-state index in [0.29, 0.717) is 22.6 Å². The first-order valence-electron chi connectivity index (χ1n) is 9.57. The number of Topliss-reactive ketones (excluding diaryl/α,β-unsaturated/α-hetero) is 1. The van der Waals surface area contributed by atoms with Crippen molar-refractivity contribution in [2.24, 2.45) is 0 Å². The maximum absolute atomic E-state index is 12.9. The van der Waals surface area contributed by atoms with Crippen molar-refractivity contribution < 1.29 is 19.4 Å². The van der Waals surface area contributed by atoms with Gasteiger partial charge in [0.1, 0.15) is 0 Å². The number of methoxy groups -OCH3 is 1. The molecule has 1 heterocycles. The number of aromatic nitrogens is 2. The summed E-state index contributed by atoms with van der Waals surface area (Å²) in [4.78, 5) is 36.8. The predicted molar refractivity (Wildman–Crippen MR) is 117 cm³/mol. The molecule has 0 aliphatic rings. The Bertz CT molecular complexity index is 1170. The number of aliphatic carboxylic acids is 1. The summed E-state index contributed by atoms with van der Waals surface area (Å²) in [7, 11) is 1.36. The van der Waals surface area contributed by atoms with Crippen LogP contribution in [0.2, 0.25) is 5.02 Å². The summed E-state index contributed by atoms with van der Waals surface area (Å²) in [6.45, 7) is 1.40. The van der Waals surface area contributed by atoms with Crippen molar-refractivity contribution in [3.05, 3.63) is 81.1 Å². The van der Waals surface area contributed by atoms with E-state index < -0.39 is 17.6 Å². The van der Waals surface area contributed by atoms with Crippen LogP contribution >= 0.6 is 11.6 Å². The minimum absolute atomic E-state index is 0.0235. The summed E-state index contributed by atoms with van der Waals surface area (Å²) in [6, 6.07) is 14.1. The molecule has 8 heteroatoms. The highest BCUT2D eigenvalue weighted by molar-refractivity contribution is 6.31. The van der Waals surface area contributed by atoms with Crippen molar-refractivity contribution in [1.82, 2.24) is 9.78 Å². The summed E-state index contributed by atoms with van der Waals surface area (Å²) in [6.07, 6.45) is 0.628. The van der Waals surface area contributed by atoms with Crippen LogP contribution in [-0.2, 0) is 11.2 Å². The van der Waals surface area contributed by atoms with Crippen molar-refractivity contribution in [2.45, 2.75) is 25.8 Å². The standard InChI is InChI=1S/C23H21ClN2O5/c1-14(27)17-10-9-16(24)12-18(17)19-13-21(28)26(25-22(19)31-2)20(23(29)30)11-8-15-6-4-3-5-7-15/h3-7,9-10,12-13,20H,8,11H2,1-2H3,(H,29,30)/t20-/m0/s1. The first-order chi connectivity index (χ1) is 14.8. The predicted octanol–water partition coefficient (Wildman–Crippen LogP) is 4.03. The number of benzene rings is 2. The van der Waals surface area contributed by atoms with Gasteiger partial charge in [0.05, 0.1) is 12.7 Å². The number of hydrogen-bond donors (Lipinski definition) is 1. The van der Waals surface area contributed by atoms with Crippen LogP contribution in [0.4, 0.5) is 0 Å². The molecule has 1 aromatic heterocycles. The Morgan fingerprint density at radius 1 is 1.13 bits per heavy atom. The minimum Gasteiger partial charge on any atom is -0.480 e. The molecule has 0 amide bonds. The number of halogens is 1. The molecule has 0 spiro atoms. The van der Waals surface area contributed by atoms with Crippen LogP contribution in [0.15, 0.2) is 59.4 Å². The Hall–Kier alpha value is -3.45. The average molecular weight is 441 g/mol. The van der Waals surface area contributed by atoms with E-state index in [1.54, 1.807) is 18.2 Å². The second kappa shape index (κ2) is 9.57. The van der Waals surface area contributed by atoms with E-state index in [-0.39, 0.29) is 23.6 Å². The Kier molecular flexibility index (Phi) is 6.87. The highest BCUT2D eigenvalue weighted by Gasteiger charge is 2.25. The topological polar surface area (TPSA) is 98.5 Å². The SMILES string of the molecule is COc1nn([C@@H](CCc2ccccc2)C(=O)O)c(=O)cc1-c1cc(Cl)ccc1C(C)=O. The number of aryl methyl sites for hydroxylation is 1. The third-order valence-corrected chi connectivity index (χ3v) is 5.13. The number of carboxylic acids is 1. The average Bonchev–Trinajstić information content (AvgIpc) is 2.74. The van der Waals surface area contributed by atoms with E-state index in [2.05, 4.69) is 5.10 Å². The lowest BCUT2D eigenvalue weighted by molar-refractivity contribution is -0.141. The van der Waals surface area contributed by atoms with Crippen LogP contribution in [0.5, 0.6) is 5.88 Å². The van der Waals surface area contributed by atoms with E-state index in [1.807, 2.05) is 30.3 Å². The Labute approximate surface area is 183 Å². The zero-order valence-corrected chi connectivity index (χ0v) is 17.8. The fraction of sp³-hybridized carbons (Fsp3) is 0.217. The number of hydrogen-bond acceptors (Lipinski definition) is 5. The summed E-state index contributed by atoms with van der Waals surface area (Å²) < 4.78 is 6.25. The molecule has 160 valence electrons. The van der Waals surface area contributed by atoms with Gasteiger partial charge in [-0.1, -0.05) is 41.9 Å². The van der Waals surface area contributed by atoms with Gasteiger partial charge in [-0.15, -0.1) is 5.10 Å². The summed E-state index contributed by atoms with van der Waals surface area (Å²) in [5, 5.41) is 14.3. The number of carbonyl (C=O) groups is 2. The number of rotatable bonds is 8. The van der Waals surface area contributed by atoms with Crippen LogP contribution in [-0.4, -0.2) is 33.7 Å². The van der Waals surface area contributed by atoms with Crippen molar-refractivity contribution in [2.75, 3.05) is 7.11 Å². The molecule has 3 aromatic rings. The second-order valence-corrected chi connectivity index (χ2v) is 7.41. The highest BCUT2D eigenvalue weighted by atomic mass is 35.5. The first kappa shape index (κ1) is 22.2. The Balaban J connectivity index is 2.06. The molecular weight excluding hydrogens is 420 g/mol. The quantitative estimate of drug-likeness (QED) is 0.531. The van der Waals surface area contributed by atoms with E-state index in [0.717, 1.165) is 10.2 Å². The van der Waals surface area contributed by atoms with Gasteiger partial charge < -0.3 is 9.84 Å². The smallest absolute Gasteiger partial charge is 0.328 e. The molecular formula is C23H21ClN2O5. The van der Waals surface area contributed by atoms with Gasteiger partial charge in [0.25, 0.3) is 5.56 Å². The first-order valence-corrected chi connectivity index (χ1v) is 9.95. The molecule has 0 bridgehead atoms. The third kappa shape index (κ3) is 5.00. The lowest BCUT2D eigenvalue weighted by atomic mass is 9.98. The van der Waals surface area contributed by atoms with Crippen LogP contribution in [0.25, 0.3) is 11.1 Å². The van der Waals surface area contributed by atoms with Gasteiger partial charge in [-0.3, -0.25) is 9.59 Å². The molecule has 0 saturated carbocycles. The lowest BCUT2D eigenvalue weighted by Crippen LogP contribution is -2.32. The van der Waals surface area contributed by atoms with Crippen molar-refractivity contribution in [1.29, 1.82) is 0 Å². The highest BCUT2D eigenvalue weighted by Crippen LogP contribution is 2.32. The number of nitrogens with zero attached hydrogens (tertiary/aromatic N) is 2. The number of carbonyl (C=O) groups excluding carboxylic acids is 1. The molecule has 1 atom stereocenters. The molecule has 3 rings (SSSR count). The molecule has 1 N–H and O–H groups in total. The van der Waals surface area contributed by atoms with Gasteiger partial charge in [-0.2, -0.15) is 0 Å². The van der Waals surface area contributed by atoms with Gasteiger partial charge in [-0.25, -0.2) is 9.48 Å². The molecule has 0 aliphatic heterocycles. The largest absolute Gasteiger partial charge is 0.480 e. The summed E-state index contributed by atoms with van der Waals surface area (Å²) >= 11 is 6.10. The molecule has 2 aromatic carbocycles. The zero-order valence-electron chi connectivity index (χ0n) is 17.0. The Morgan fingerprint density at radius 3 is 2.45 bits per heavy atom.